The van der Waals surface area contributed by atoms with E-state index in [4.69, 9.17) is 9.15 Å². The Balaban J connectivity index is 1.74. The van der Waals surface area contributed by atoms with Crippen molar-refractivity contribution in [2.24, 2.45) is 0 Å². The molecule has 3 rings (SSSR count). The van der Waals surface area contributed by atoms with E-state index in [-0.39, 0.29) is 0 Å². The van der Waals surface area contributed by atoms with E-state index in [1.165, 1.54) is 6.07 Å². The fourth-order valence-electron chi connectivity index (χ4n) is 2.30. The number of rotatable bonds is 5. The van der Waals surface area contributed by atoms with Crippen LogP contribution in [0, 0.1) is 11.6 Å². The summed E-state index contributed by atoms with van der Waals surface area (Å²) in [7, 11) is 3.38. The first-order chi connectivity index (χ1) is 11.6. The van der Waals surface area contributed by atoms with Gasteiger partial charge >= 0.3 is 0 Å². The van der Waals surface area contributed by atoms with Crippen molar-refractivity contribution < 1.29 is 17.9 Å². The summed E-state index contributed by atoms with van der Waals surface area (Å²) in [4.78, 5) is 6.19. The number of hydrogen-bond donors (Lipinski definition) is 0. The number of oxazole rings is 1. The van der Waals surface area contributed by atoms with Gasteiger partial charge in [0.1, 0.15) is 12.0 Å². The van der Waals surface area contributed by atoms with Crippen LogP contribution in [0.2, 0.25) is 0 Å². The average molecular weight is 330 g/mol. The third kappa shape index (κ3) is 3.37. The molecule has 0 saturated carbocycles. The molecule has 1 heterocycles. The van der Waals surface area contributed by atoms with E-state index in [0.29, 0.717) is 23.8 Å². The molecule has 0 spiro atoms. The van der Waals surface area contributed by atoms with Crippen molar-refractivity contribution in [2.75, 3.05) is 19.1 Å². The number of benzene rings is 2. The van der Waals surface area contributed by atoms with E-state index < -0.39 is 11.6 Å². The quantitative estimate of drug-likeness (QED) is 0.700. The van der Waals surface area contributed by atoms with Gasteiger partial charge in [0, 0.05) is 24.4 Å². The molecule has 0 atom stereocenters. The topological polar surface area (TPSA) is 38.5 Å². The maximum atomic E-state index is 13.3. The van der Waals surface area contributed by atoms with Crippen LogP contribution in [0.3, 0.4) is 0 Å². The first-order valence-electron chi connectivity index (χ1n) is 7.32. The Hall–Kier alpha value is -2.89. The molecule has 0 saturated heterocycles. The fraction of sp³-hybridized carbons (Fsp3) is 0.167. The van der Waals surface area contributed by atoms with E-state index in [1.807, 2.05) is 24.3 Å². The van der Waals surface area contributed by atoms with Gasteiger partial charge in [0.2, 0.25) is 5.89 Å². The van der Waals surface area contributed by atoms with Crippen LogP contribution in [0.25, 0.3) is 11.5 Å². The molecule has 0 aliphatic rings. The minimum Gasteiger partial charge on any atom is -0.497 e. The van der Waals surface area contributed by atoms with Crippen molar-refractivity contribution in [3.63, 3.8) is 0 Å². The first kappa shape index (κ1) is 16.0. The number of methoxy groups -OCH3 is 1. The van der Waals surface area contributed by atoms with Gasteiger partial charge in [0.15, 0.2) is 11.6 Å². The Bertz CT molecular complexity index is 831. The van der Waals surface area contributed by atoms with Crippen LogP contribution in [0.5, 0.6) is 5.75 Å². The molecule has 1 aromatic heterocycles. The third-order valence-electron chi connectivity index (χ3n) is 3.63. The van der Waals surface area contributed by atoms with Gasteiger partial charge < -0.3 is 14.1 Å². The Morgan fingerprint density at radius 2 is 1.83 bits per heavy atom. The van der Waals surface area contributed by atoms with Gasteiger partial charge in [-0.15, -0.1) is 0 Å². The Kier molecular flexibility index (Phi) is 4.46. The summed E-state index contributed by atoms with van der Waals surface area (Å²) >= 11 is 0. The van der Waals surface area contributed by atoms with E-state index in [9.17, 15) is 8.78 Å². The van der Waals surface area contributed by atoms with Crippen LogP contribution >= 0.6 is 0 Å². The molecule has 0 bridgehead atoms. The van der Waals surface area contributed by atoms with Crippen LogP contribution in [0.4, 0.5) is 14.5 Å². The highest BCUT2D eigenvalue weighted by Crippen LogP contribution is 2.23. The Morgan fingerprint density at radius 3 is 2.50 bits per heavy atom. The van der Waals surface area contributed by atoms with E-state index >= 15 is 0 Å². The molecule has 4 nitrogen and oxygen atoms in total. The van der Waals surface area contributed by atoms with Gasteiger partial charge in [-0.3, -0.25) is 0 Å². The maximum absolute atomic E-state index is 13.3. The predicted octanol–water partition coefficient (Wildman–Crippen LogP) is 4.26. The summed E-state index contributed by atoms with van der Waals surface area (Å²) in [5, 5.41) is 0. The summed E-state index contributed by atoms with van der Waals surface area (Å²) in [5.41, 5.74) is 2.08. The lowest BCUT2D eigenvalue weighted by atomic mass is 10.2. The summed E-state index contributed by atoms with van der Waals surface area (Å²) in [6.45, 7) is 0.407. The van der Waals surface area contributed by atoms with Crippen LogP contribution in [-0.4, -0.2) is 19.1 Å². The number of ether oxygens (including phenoxy) is 1. The molecule has 2 aromatic carbocycles. The lowest BCUT2D eigenvalue weighted by molar-refractivity contribution is 0.415. The molecule has 24 heavy (non-hydrogen) atoms. The zero-order chi connectivity index (χ0) is 17.1. The zero-order valence-corrected chi connectivity index (χ0v) is 13.3. The summed E-state index contributed by atoms with van der Waals surface area (Å²) in [6.07, 6.45) is 1.55. The highest BCUT2D eigenvalue weighted by molar-refractivity contribution is 5.55. The fourth-order valence-corrected chi connectivity index (χ4v) is 2.30. The van der Waals surface area contributed by atoms with Gasteiger partial charge in [-0.1, -0.05) is 0 Å². The molecule has 0 unspecified atom stereocenters. The second-order valence-corrected chi connectivity index (χ2v) is 5.33. The Morgan fingerprint density at radius 1 is 1.08 bits per heavy atom. The molecular formula is C18H16F2N2O2. The van der Waals surface area contributed by atoms with Crippen LogP contribution in [0.1, 0.15) is 5.69 Å². The first-order valence-corrected chi connectivity index (χ1v) is 7.32. The van der Waals surface area contributed by atoms with Gasteiger partial charge in [0.05, 0.1) is 19.3 Å². The molecule has 0 radical (unpaired) electrons. The van der Waals surface area contributed by atoms with Crippen LogP contribution in [0.15, 0.2) is 53.1 Å². The Labute approximate surface area is 138 Å². The van der Waals surface area contributed by atoms with Crippen molar-refractivity contribution in [3.05, 3.63) is 66.1 Å². The molecule has 0 amide bonds. The van der Waals surface area contributed by atoms with E-state index in [1.54, 1.807) is 25.3 Å². The monoisotopic (exact) mass is 330 g/mol. The zero-order valence-electron chi connectivity index (χ0n) is 13.3. The standard InChI is InChI=1S/C18H16F2N2O2/c1-22(14-5-8-16(19)17(20)9-14)10-13-11-24-18(21-13)12-3-6-15(23-2)7-4-12/h3-9,11H,10H2,1-2H3. The summed E-state index contributed by atoms with van der Waals surface area (Å²) < 4.78 is 36.9. The highest BCUT2D eigenvalue weighted by Gasteiger charge is 2.11. The smallest absolute Gasteiger partial charge is 0.226 e. The van der Waals surface area contributed by atoms with Gasteiger partial charge in [0.25, 0.3) is 0 Å². The lowest BCUT2D eigenvalue weighted by Crippen LogP contribution is -2.16. The molecule has 0 fully saturated rings. The van der Waals surface area contributed by atoms with Crippen molar-refractivity contribution in [1.82, 2.24) is 4.98 Å². The molecule has 6 heteroatoms. The molecule has 0 aliphatic heterocycles. The largest absolute Gasteiger partial charge is 0.497 e. The molecule has 0 N–H and O–H groups in total. The second kappa shape index (κ2) is 6.70. The highest BCUT2D eigenvalue weighted by atomic mass is 19.2. The number of aromatic nitrogens is 1. The van der Waals surface area contributed by atoms with E-state index in [2.05, 4.69) is 4.98 Å². The minimum absolute atomic E-state index is 0.407. The predicted molar refractivity (Wildman–Crippen MR) is 87.0 cm³/mol. The molecule has 0 aliphatic carbocycles. The number of hydrogen-bond acceptors (Lipinski definition) is 4. The number of anilines is 1. The summed E-state index contributed by atoms with van der Waals surface area (Å²) in [6, 6.07) is 11.1. The average Bonchev–Trinajstić information content (AvgIpc) is 3.06. The van der Waals surface area contributed by atoms with Crippen LogP contribution in [-0.2, 0) is 6.54 Å². The second-order valence-electron chi connectivity index (χ2n) is 5.33. The molecule has 124 valence electrons. The molecule has 3 aromatic rings. The molecular weight excluding hydrogens is 314 g/mol. The normalized spacial score (nSPS) is 10.7. The third-order valence-corrected chi connectivity index (χ3v) is 3.63. The van der Waals surface area contributed by atoms with E-state index in [0.717, 1.165) is 23.4 Å². The number of halogens is 2. The minimum atomic E-state index is -0.876. The van der Waals surface area contributed by atoms with Crippen molar-refractivity contribution in [2.45, 2.75) is 6.54 Å². The SMILES string of the molecule is COc1ccc(-c2nc(CN(C)c3ccc(F)c(F)c3)co2)cc1. The maximum Gasteiger partial charge on any atom is 0.226 e. The number of nitrogens with zero attached hydrogens (tertiary/aromatic N) is 2. The van der Waals surface area contributed by atoms with Crippen LogP contribution < -0.4 is 9.64 Å². The summed E-state index contributed by atoms with van der Waals surface area (Å²) in [5.74, 6) is -0.497. The van der Waals surface area contributed by atoms with Crippen molar-refractivity contribution in [1.29, 1.82) is 0 Å². The van der Waals surface area contributed by atoms with Gasteiger partial charge in [-0.05, 0) is 36.4 Å². The lowest BCUT2D eigenvalue weighted by Gasteiger charge is -2.17. The van der Waals surface area contributed by atoms with Crippen molar-refractivity contribution in [3.8, 4) is 17.2 Å². The van der Waals surface area contributed by atoms with Crippen molar-refractivity contribution >= 4 is 5.69 Å². The van der Waals surface area contributed by atoms with Gasteiger partial charge in [-0.25, -0.2) is 13.8 Å². The van der Waals surface area contributed by atoms with Gasteiger partial charge in [-0.2, -0.15) is 0 Å².